The molecule has 0 atom stereocenters. The van der Waals surface area contributed by atoms with Crippen LogP contribution in [-0.4, -0.2) is 87.9 Å². The average molecular weight is 528 g/mol. The summed E-state index contributed by atoms with van der Waals surface area (Å²) in [5.41, 5.74) is 8.93. The third-order valence-corrected chi connectivity index (χ3v) is 7.66. The zero-order chi connectivity index (χ0) is 27.4. The highest BCUT2D eigenvalue weighted by Crippen LogP contribution is 2.27. The lowest BCUT2D eigenvalue weighted by atomic mass is 9.99. The highest BCUT2D eigenvalue weighted by Gasteiger charge is 2.30. The smallest absolute Gasteiger partial charge is 0.256 e. The van der Waals surface area contributed by atoms with Gasteiger partial charge in [0.25, 0.3) is 5.91 Å². The predicted octanol–water partition coefficient (Wildman–Crippen LogP) is 3.07. The summed E-state index contributed by atoms with van der Waals surface area (Å²) >= 11 is 0. The SMILES string of the molecule is CCc1ncnc(-c2ccc(C(=O)N3CCC(N4CCN(C)CC4)CC3)c(F)c2)c1C#Cc1ccc(N)nc1. The fourth-order valence-electron chi connectivity index (χ4n) is 5.28. The number of pyridine rings is 1. The molecule has 2 fully saturated rings. The largest absolute Gasteiger partial charge is 0.384 e. The fourth-order valence-corrected chi connectivity index (χ4v) is 5.28. The van der Waals surface area contributed by atoms with Gasteiger partial charge in [-0.1, -0.05) is 24.8 Å². The normalized spacial score (nSPS) is 17.1. The highest BCUT2D eigenvalue weighted by molar-refractivity contribution is 5.95. The molecule has 0 bridgehead atoms. The van der Waals surface area contributed by atoms with Gasteiger partial charge in [-0.05, 0) is 50.6 Å². The van der Waals surface area contributed by atoms with E-state index >= 15 is 4.39 Å². The predicted molar refractivity (Wildman–Crippen MR) is 149 cm³/mol. The lowest BCUT2D eigenvalue weighted by molar-refractivity contribution is 0.0515. The number of aromatic nitrogens is 3. The van der Waals surface area contributed by atoms with E-state index in [-0.39, 0.29) is 11.5 Å². The molecular weight excluding hydrogens is 493 g/mol. The first-order valence-corrected chi connectivity index (χ1v) is 13.5. The lowest BCUT2D eigenvalue weighted by Gasteiger charge is -2.42. The van der Waals surface area contributed by atoms with Crippen LogP contribution in [0.2, 0.25) is 0 Å². The fraction of sp³-hybridized carbons (Fsp3) is 0.400. The monoisotopic (exact) mass is 527 g/mol. The van der Waals surface area contributed by atoms with Gasteiger partial charge in [-0.25, -0.2) is 19.3 Å². The van der Waals surface area contributed by atoms with Crippen LogP contribution >= 0.6 is 0 Å². The second-order valence-corrected chi connectivity index (χ2v) is 10.2. The van der Waals surface area contributed by atoms with Crippen molar-refractivity contribution in [1.82, 2.24) is 29.7 Å². The van der Waals surface area contributed by atoms with Crippen molar-refractivity contribution in [2.24, 2.45) is 0 Å². The molecular formula is C30H34FN7O. The molecule has 3 aromatic rings. The van der Waals surface area contributed by atoms with E-state index in [1.165, 1.54) is 12.4 Å². The van der Waals surface area contributed by atoms with Gasteiger partial charge in [0.15, 0.2) is 0 Å². The Morgan fingerprint density at radius 3 is 2.46 bits per heavy atom. The van der Waals surface area contributed by atoms with Gasteiger partial charge in [0.1, 0.15) is 18.0 Å². The zero-order valence-electron chi connectivity index (χ0n) is 22.5. The van der Waals surface area contributed by atoms with Crippen LogP contribution < -0.4 is 5.73 Å². The molecule has 0 unspecified atom stereocenters. The van der Waals surface area contributed by atoms with Crippen molar-refractivity contribution in [2.45, 2.75) is 32.2 Å². The van der Waals surface area contributed by atoms with Crippen LogP contribution in [0.15, 0.2) is 42.9 Å². The van der Waals surface area contributed by atoms with Gasteiger partial charge in [0, 0.05) is 62.6 Å². The Kier molecular flexibility index (Phi) is 8.15. The Bertz CT molecular complexity index is 1380. The molecule has 2 N–H and O–H groups in total. The second kappa shape index (κ2) is 11.9. The number of nitrogen functional groups attached to an aromatic ring is 1. The molecule has 1 aromatic carbocycles. The summed E-state index contributed by atoms with van der Waals surface area (Å²) < 4.78 is 15.4. The molecule has 9 heteroatoms. The average Bonchev–Trinajstić information content (AvgIpc) is 2.97. The molecule has 2 aromatic heterocycles. The number of carbonyl (C=O) groups excluding carboxylic acids is 1. The van der Waals surface area contributed by atoms with Crippen LogP contribution in [0, 0.1) is 17.7 Å². The van der Waals surface area contributed by atoms with Gasteiger partial charge in [-0.2, -0.15) is 0 Å². The van der Waals surface area contributed by atoms with Crippen molar-refractivity contribution < 1.29 is 9.18 Å². The molecule has 0 saturated carbocycles. The third kappa shape index (κ3) is 6.08. The van der Waals surface area contributed by atoms with Gasteiger partial charge < -0.3 is 15.5 Å². The summed E-state index contributed by atoms with van der Waals surface area (Å²) in [4.78, 5) is 32.8. The number of likely N-dealkylation sites (tertiary alicyclic amines) is 1. The van der Waals surface area contributed by atoms with Crippen molar-refractivity contribution in [3.05, 3.63) is 71.1 Å². The van der Waals surface area contributed by atoms with Gasteiger partial charge in [-0.15, -0.1) is 0 Å². The summed E-state index contributed by atoms with van der Waals surface area (Å²) in [6, 6.07) is 8.65. The Hall–Kier alpha value is -3.87. The quantitative estimate of drug-likeness (QED) is 0.522. The first-order chi connectivity index (χ1) is 18.9. The lowest BCUT2D eigenvalue weighted by Crippen LogP contribution is -2.53. The van der Waals surface area contributed by atoms with Crippen LogP contribution in [0.1, 0.15) is 46.9 Å². The number of carbonyl (C=O) groups is 1. The van der Waals surface area contributed by atoms with Gasteiger partial charge in [0.05, 0.1) is 22.5 Å². The van der Waals surface area contributed by atoms with Crippen molar-refractivity contribution in [1.29, 1.82) is 0 Å². The Labute approximate surface area is 229 Å². The molecule has 202 valence electrons. The molecule has 2 aliphatic heterocycles. The van der Waals surface area contributed by atoms with E-state index in [2.05, 4.69) is 43.6 Å². The number of aryl methyl sites for hydroxylation is 1. The summed E-state index contributed by atoms with van der Waals surface area (Å²) in [6.07, 6.45) is 5.54. The minimum atomic E-state index is -0.558. The molecule has 0 radical (unpaired) electrons. The summed E-state index contributed by atoms with van der Waals surface area (Å²) in [6.45, 7) is 7.56. The number of rotatable bonds is 4. The van der Waals surface area contributed by atoms with E-state index in [1.54, 1.807) is 35.4 Å². The van der Waals surface area contributed by atoms with Crippen LogP contribution in [0.3, 0.4) is 0 Å². The number of nitrogens with two attached hydrogens (primary N) is 1. The Morgan fingerprint density at radius 2 is 1.79 bits per heavy atom. The van der Waals surface area contributed by atoms with Crippen molar-refractivity contribution in [2.75, 3.05) is 52.0 Å². The van der Waals surface area contributed by atoms with Gasteiger partial charge >= 0.3 is 0 Å². The standard InChI is InChI=1S/C30H34FN7O/c1-3-27-25(7-4-21-5-9-28(32)33-19-21)29(35-20-34-27)22-6-8-24(26(31)18-22)30(39)38-12-10-23(11-13-38)37-16-14-36(2)15-17-37/h5-6,8-9,18-20,23H,3,10-17H2,1-2H3,(H2,32,33). The van der Waals surface area contributed by atoms with Gasteiger partial charge in [-0.3, -0.25) is 9.69 Å². The minimum Gasteiger partial charge on any atom is -0.384 e. The third-order valence-electron chi connectivity index (χ3n) is 7.66. The number of piperazine rings is 1. The van der Waals surface area contributed by atoms with Crippen molar-refractivity contribution >= 4 is 11.7 Å². The summed E-state index contributed by atoms with van der Waals surface area (Å²) in [5.74, 6) is 5.83. The van der Waals surface area contributed by atoms with E-state index in [1.807, 2.05) is 6.92 Å². The number of halogens is 1. The molecule has 0 aliphatic carbocycles. The molecule has 2 aliphatic rings. The van der Waals surface area contributed by atoms with Crippen LogP contribution in [0.4, 0.5) is 10.2 Å². The molecule has 4 heterocycles. The first kappa shape index (κ1) is 26.7. The number of likely N-dealkylation sites (N-methyl/N-ethyl adjacent to an activating group) is 1. The Morgan fingerprint density at radius 1 is 1.03 bits per heavy atom. The van der Waals surface area contributed by atoms with Crippen molar-refractivity contribution in [3.8, 4) is 23.1 Å². The van der Waals surface area contributed by atoms with E-state index in [0.717, 1.165) is 44.7 Å². The first-order valence-electron chi connectivity index (χ1n) is 13.5. The number of benzene rings is 1. The number of piperidine rings is 1. The maximum atomic E-state index is 15.4. The van der Waals surface area contributed by atoms with Crippen LogP contribution in [0.25, 0.3) is 11.3 Å². The van der Waals surface area contributed by atoms with E-state index in [4.69, 9.17) is 5.73 Å². The van der Waals surface area contributed by atoms with Gasteiger partial charge in [0.2, 0.25) is 0 Å². The summed E-state index contributed by atoms with van der Waals surface area (Å²) in [7, 11) is 2.15. The number of amides is 1. The van der Waals surface area contributed by atoms with E-state index in [0.29, 0.717) is 53.8 Å². The summed E-state index contributed by atoms with van der Waals surface area (Å²) in [5, 5.41) is 0. The second-order valence-electron chi connectivity index (χ2n) is 10.2. The number of hydrogen-bond donors (Lipinski definition) is 1. The van der Waals surface area contributed by atoms with E-state index in [9.17, 15) is 4.79 Å². The molecule has 5 rings (SSSR count). The molecule has 8 nitrogen and oxygen atoms in total. The zero-order valence-corrected chi connectivity index (χ0v) is 22.5. The van der Waals surface area contributed by atoms with Crippen LogP contribution in [0.5, 0.6) is 0 Å². The molecule has 1 amide bonds. The maximum absolute atomic E-state index is 15.4. The molecule has 2 saturated heterocycles. The highest BCUT2D eigenvalue weighted by atomic mass is 19.1. The van der Waals surface area contributed by atoms with E-state index < -0.39 is 5.82 Å². The topological polar surface area (TPSA) is 91.5 Å². The Balaban J connectivity index is 1.33. The molecule has 39 heavy (non-hydrogen) atoms. The number of hydrogen-bond acceptors (Lipinski definition) is 7. The van der Waals surface area contributed by atoms with Crippen LogP contribution in [-0.2, 0) is 6.42 Å². The molecule has 0 spiro atoms. The number of anilines is 1. The maximum Gasteiger partial charge on any atom is 0.256 e. The minimum absolute atomic E-state index is 0.0853. The number of nitrogens with zero attached hydrogens (tertiary/aromatic N) is 6. The van der Waals surface area contributed by atoms with Crippen molar-refractivity contribution in [3.63, 3.8) is 0 Å².